The van der Waals surface area contributed by atoms with E-state index in [-0.39, 0.29) is 0 Å². The average Bonchev–Trinajstić information content (AvgIpc) is 1.85. The molecule has 0 aliphatic carbocycles. The maximum absolute atomic E-state index is 10.9. The summed E-state index contributed by atoms with van der Waals surface area (Å²) in [5.41, 5.74) is -0.690. The maximum atomic E-state index is 10.9. The molecule has 0 aromatic carbocycles. The Kier molecular flexibility index (Phi) is 1.62. The van der Waals surface area contributed by atoms with Gasteiger partial charge in [0, 0.05) is 0 Å². The second-order valence-corrected chi connectivity index (χ2v) is 2.98. The lowest BCUT2D eigenvalue weighted by molar-refractivity contribution is -0.211. The molecule has 4 heteroatoms. The molecule has 1 aliphatic heterocycles. The highest BCUT2D eigenvalue weighted by Gasteiger charge is 2.55. The van der Waals surface area contributed by atoms with Crippen molar-refractivity contribution in [2.45, 2.75) is 19.4 Å². The smallest absolute Gasteiger partial charge is 0.325 e. The summed E-state index contributed by atoms with van der Waals surface area (Å²) >= 11 is 0. The summed E-state index contributed by atoms with van der Waals surface area (Å²) < 4.78 is 9.14. The van der Waals surface area contributed by atoms with Crippen LogP contribution in [0.4, 0.5) is 0 Å². The van der Waals surface area contributed by atoms with Crippen LogP contribution in [0.3, 0.4) is 0 Å². The maximum Gasteiger partial charge on any atom is 0.325 e. The van der Waals surface area contributed by atoms with E-state index in [1.54, 1.807) is 13.8 Å². The molecule has 1 unspecified atom stereocenters. The van der Waals surface area contributed by atoms with E-state index >= 15 is 0 Å². The number of hydrogen-bond donors (Lipinski definition) is 0. The Morgan fingerprint density at radius 2 is 2.18 bits per heavy atom. The molecule has 1 aliphatic rings. The fraction of sp³-hybridized carbons (Fsp3) is 0.714. The number of carbonyl (C=O) groups excluding carboxylic acids is 2. The van der Waals surface area contributed by atoms with Crippen LogP contribution in [0.2, 0.25) is 0 Å². The topological polar surface area (TPSA) is 52.6 Å². The molecule has 1 heterocycles. The van der Waals surface area contributed by atoms with Gasteiger partial charge in [-0.1, -0.05) is 0 Å². The van der Waals surface area contributed by atoms with Gasteiger partial charge in [0.1, 0.15) is 5.60 Å². The Labute approximate surface area is 64.5 Å². The van der Waals surface area contributed by atoms with Crippen LogP contribution in [0.25, 0.3) is 0 Å². The van der Waals surface area contributed by atoms with E-state index in [1.165, 1.54) is 7.11 Å². The molecule has 1 rings (SSSR count). The predicted molar refractivity (Wildman–Crippen MR) is 35.7 cm³/mol. The van der Waals surface area contributed by atoms with E-state index in [4.69, 9.17) is 4.74 Å². The molecule has 1 fully saturated rings. The Balaban J connectivity index is 2.71. The molecule has 0 spiro atoms. The molecule has 0 aromatic heterocycles. The molecule has 0 N–H and O–H groups in total. The van der Waals surface area contributed by atoms with E-state index in [9.17, 15) is 9.59 Å². The monoisotopic (exact) mass is 158 g/mol. The van der Waals surface area contributed by atoms with Gasteiger partial charge in [-0.25, -0.2) is 0 Å². The summed E-state index contributed by atoms with van der Waals surface area (Å²) in [4.78, 5) is 21.6. The van der Waals surface area contributed by atoms with E-state index in [0.29, 0.717) is 0 Å². The highest BCUT2D eigenvalue weighted by molar-refractivity contribution is 6.00. The van der Waals surface area contributed by atoms with Crippen molar-refractivity contribution >= 4 is 11.9 Å². The van der Waals surface area contributed by atoms with E-state index in [0.717, 1.165) is 0 Å². The summed E-state index contributed by atoms with van der Waals surface area (Å²) in [6, 6.07) is 0. The van der Waals surface area contributed by atoms with Crippen molar-refractivity contribution in [3.05, 3.63) is 0 Å². The van der Waals surface area contributed by atoms with Gasteiger partial charge in [0.25, 0.3) is 0 Å². The second-order valence-electron chi connectivity index (χ2n) is 2.98. The largest absolute Gasteiger partial charge is 0.468 e. The van der Waals surface area contributed by atoms with Gasteiger partial charge in [-0.3, -0.25) is 9.59 Å². The summed E-state index contributed by atoms with van der Waals surface area (Å²) in [7, 11) is 1.25. The lowest BCUT2D eigenvalue weighted by Gasteiger charge is -2.40. The predicted octanol–water partition coefficient (Wildman–Crippen LogP) is 0.111. The molecule has 0 saturated carbocycles. The quantitative estimate of drug-likeness (QED) is 0.401. The van der Waals surface area contributed by atoms with Gasteiger partial charge in [0.05, 0.1) is 7.11 Å². The molecule has 1 atom stereocenters. The van der Waals surface area contributed by atoms with Gasteiger partial charge < -0.3 is 9.47 Å². The molecule has 4 nitrogen and oxygen atoms in total. The third kappa shape index (κ3) is 1.08. The van der Waals surface area contributed by atoms with Crippen LogP contribution in [0.1, 0.15) is 13.8 Å². The van der Waals surface area contributed by atoms with E-state index < -0.39 is 23.5 Å². The Bertz CT molecular complexity index is 206. The SMILES string of the molecule is COC(=O)C1C(=O)OC1(C)C. The Morgan fingerprint density at radius 1 is 1.64 bits per heavy atom. The van der Waals surface area contributed by atoms with Crippen LogP contribution in [-0.2, 0) is 19.1 Å². The van der Waals surface area contributed by atoms with Gasteiger partial charge in [-0.15, -0.1) is 0 Å². The minimum absolute atomic E-state index is 0.498. The molecule has 0 amide bonds. The third-order valence-electron chi connectivity index (χ3n) is 1.73. The van der Waals surface area contributed by atoms with Gasteiger partial charge in [-0.2, -0.15) is 0 Å². The highest BCUT2D eigenvalue weighted by Crippen LogP contribution is 2.34. The second kappa shape index (κ2) is 2.22. The molecule has 11 heavy (non-hydrogen) atoms. The number of carbonyl (C=O) groups is 2. The van der Waals surface area contributed by atoms with Gasteiger partial charge >= 0.3 is 11.9 Å². The zero-order valence-corrected chi connectivity index (χ0v) is 6.71. The zero-order chi connectivity index (χ0) is 8.65. The normalized spacial score (nSPS) is 26.8. The molecule has 1 saturated heterocycles. The fourth-order valence-electron chi connectivity index (χ4n) is 1.10. The number of ether oxygens (including phenoxy) is 2. The van der Waals surface area contributed by atoms with Crippen molar-refractivity contribution in [2.75, 3.05) is 7.11 Å². The van der Waals surface area contributed by atoms with Crippen LogP contribution in [0.15, 0.2) is 0 Å². The van der Waals surface area contributed by atoms with Crippen molar-refractivity contribution in [1.82, 2.24) is 0 Å². The molecule has 0 aromatic rings. The number of esters is 2. The van der Waals surface area contributed by atoms with Crippen molar-refractivity contribution in [3.63, 3.8) is 0 Å². The molecule has 0 radical (unpaired) electrons. The van der Waals surface area contributed by atoms with Crippen molar-refractivity contribution in [2.24, 2.45) is 5.92 Å². The van der Waals surface area contributed by atoms with Gasteiger partial charge in [-0.05, 0) is 13.8 Å². The summed E-state index contributed by atoms with van der Waals surface area (Å²) in [5.74, 6) is -1.76. The lowest BCUT2D eigenvalue weighted by atomic mass is 9.85. The van der Waals surface area contributed by atoms with Crippen LogP contribution in [-0.4, -0.2) is 24.6 Å². The average molecular weight is 158 g/mol. The Hall–Kier alpha value is -1.06. The van der Waals surface area contributed by atoms with Crippen LogP contribution in [0.5, 0.6) is 0 Å². The third-order valence-corrected chi connectivity index (χ3v) is 1.73. The summed E-state index contributed by atoms with van der Waals surface area (Å²) in [6.45, 7) is 3.35. The molecule has 62 valence electrons. The first-order valence-electron chi connectivity index (χ1n) is 3.29. The van der Waals surface area contributed by atoms with Crippen molar-refractivity contribution < 1.29 is 19.1 Å². The van der Waals surface area contributed by atoms with Crippen LogP contribution < -0.4 is 0 Å². The molecular weight excluding hydrogens is 148 g/mol. The van der Waals surface area contributed by atoms with Crippen LogP contribution >= 0.6 is 0 Å². The van der Waals surface area contributed by atoms with E-state index in [2.05, 4.69) is 4.74 Å². The minimum atomic E-state index is -0.743. The molecular formula is C7H10O4. The summed E-state index contributed by atoms with van der Waals surface area (Å²) in [5, 5.41) is 0. The first-order valence-corrected chi connectivity index (χ1v) is 3.29. The number of hydrogen-bond acceptors (Lipinski definition) is 4. The first kappa shape index (κ1) is 8.04. The standard InChI is InChI=1S/C7H10O4/c1-7(2)4(5(8)10-3)6(9)11-7/h4H,1-3H3. The number of rotatable bonds is 1. The zero-order valence-electron chi connectivity index (χ0n) is 6.71. The molecule has 0 bridgehead atoms. The van der Waals surface area contributed by atoms with Crippen molar-refractivity contribution in [3.8, 4) is 0 Å². The highest BCUT2D eigenvalue weighted by atomic mass is 16.6. The van der Waals surface area contributed by atoms with Crippen molar-refractivity contribution in [1.29, 1.82) is 0 Å². The minimum Gasteiger partial charge on any atom is -0.468 e. The van der Waals surface area contributed by atoms with Gasteiger partial charge in [0.2, 0.25) is 0 Å². The summed E-state index contributed by atoms with van der Waals surface area (Å²) in [6.07, 6.45) is 0. The fourth-order valence-corrected chi connectivity index (χ4v) is 1.10. The van der Waals surface area contributed by atoms with Gasteiger partial charge in [0.15, 0.2) is 5.92 Å². The lowest BCUT2D eigenvalue weighted by Crippen LogP contribution is -2.57. The van der Waals surface area contributed by atoms with E-state index in [1.807, 2.05) is 0 Å². The number of methoxy groups -OCH3 is 1. The Morgan fingerprint density at radius 3 is 2.36 bits per heavy atom. The first-order chi connectivity index (χ1) is 4.99. The number of cyclic esters (lactones) is 1. The van der Waals surface area contributed by atoms with Crippen LogP contribution in [0, 0.1) is 5.92 Å².